The summed E-state index contributed by atoms with van der Waals surface area (Å²) in [4.78, 5) is 26.1. The van der Waals surface area contributed by atoms with E-state index in [1.807, 2.05) is 6.07 Å². The van der Waals surface area contributed by atoms with Crippen molar-refractivity contribution in [2.24, 2.45) is 0 Å². The van der Waals surface area contributed by atoms with E-state index < -0.39 is 11.3 Å². The van der Waals surface area contributed by atoms with Crippen LogP contribution in [0.25, 0.3) is 0 Å². The Kier molecular flexibility index (Phi) is 8.67. The lowest BCUT2D eigenvalue weighted by molar-refractivity contribution is 0.103. The fourth-order valence-corrected chi connectivity index (χ4v) is 3.37. The Bertz CT molecular complexity index is 986. The SMILES string of the molecule is CCCCCCn1c(O)c(C(=O)c2ccccc2OCCCC)c(C)c(C#N)c1=O. The van der Waals surface area contributed by atoms with Crippen LogP contribution in [0.1, 0.15) is 79.4 Å². The van der Waals surface area contributed by atoms with Gasteiger partial charge in [-0.2, -0.15) is 5.26 Å². The summed E-state index contributed by atoms with van der Waals surface area (Å²) in [6.07, 6.45) is 5.45. The van der Waals surface area contributed by atoms with Crippen LogP contribution in [0.4, 0.5) is 0 Å². The largest absolute Gasteiger partial charge is 0.494 e. The van der Waals surface area contributed by atoms with Gasteiger partial charge in [0.2, 0.25) is 11.7 Å². The number of pyridine rings is 1. The Morgan fingerprint density at radius 1 is 1.13 bits per heavy atom. The Hall–Kier alpha value is -3.07. The fourth-order valence-electron chi connectivity index (χ4n) is 3.37. The first-order valence-electron chi connectivity index (χ1n) is 10.6. The molecule has 6 heteroatoms. The number of nitrogens with zero attached hydrogens (tertiary/aromatic N) is 2. The van der Waals surface area contributed by atoms with E-state index in [0.29, 0.717) is 24.3 Å². The molecule has 0 aliphatic heterocycles. The summed E-state index contributed by atoms with van der Waals surface area (Å²) in [6, 6.07) is 8.75. The van der Waals surface area contributed by atoms with Gasteiger partial charge in [-0.3, -0.25) is 14.2 Å². The minimum Gasteiger partial charge on any atom is -0.494 e. The summed E-state index contributed by atoms with van der Waals surface area (Å²) >= 11 is 0. The van der Waals surface area contributed by atoms with Crippen molar-refractivity contribution in [3.63, 3.8) is 0 Å². The lowest BCUT2D eigenvalue weighted by Gasteiger charge is -2.17. The molecular weight excluding hydrogens is 380 g/mol. The molecule has 1 aromatic carbocycles. The Morgan fingerprint density at radius 2 is 1.83 bits per heavy atom. The number of carbonyl (C=O) groups is 1. The van der Waals surface area contributed by atoms with E-state index >= 15 is 0 Å². The van der Waals surface area contributed by atoms with Crippen molar-refractivity contribution in [1.82, 2.24) is 4.57 Å². The zero-order valence-electron chi connectivity index (χ0n) is 18.0. The number of ketones is 1. The first-order chi connectivity index (χ1) is 14.5. The fraction of sp³-hybridized carbons (Fsp3) is 0.458. The van der Waals surface area contributed by atoms with Gasteiger partial charge in [0.25, 0.3) is 5.56 Å². The molecule has 30 heavy (non-hydrogen) atoms. The average molecular weight is 411 g/mol. The van der Waals surface area contributed by atoms with E-state index in [1.54, 1.807) is 24.3 Å². The Balaban J connectivity index is 2.52. The van der Waals surface area contributed by atoms with Gasteiger partial charge in [-0.1, -0.05) is 51.7 Å². The number of hydrogen-bond donors (Lipinski definition) is 1. The molecule has 0 amide bonds. The van der Waals surface area contributed by atoms with E-state index in [4.69, 9.17) is 4.74 Å². The number of unbranched alkanes of at least 4 members (excludes halogenated alkanes) is 4. The first kappa shape index (κ1) is 23.2. The smallest absolute Gasteiger partial charge is 0.271 e. The molecule has 0 aliphatic carbocycles. The number of ether oxygens (including phenoxy) is 1. The van der Waals surface area contributed by atoms with E-state index in [0.717, 1.165) is 36.7 Å². The Labute approximate surface area is 177 Å². The van der Waals surface area contributed by atoms with Crippen LogP contribution in [-0.4, -0.2) is 22.1 Å². The van der Waals surface area contributed by atoms with Gasteiger partial charge >= 0.3 is 0 Å². The van der Waals surface area contributed by atoms with Crippen LogP contribution in [0.5, 0.6) is 11.6 Å². The van der Waals surface area contributed by atoms with Crippen LogP contribution < -0.4 is 10.3 Å². The van der Waals surface area contributed by atoms with Gasteiger partial charge < -0.3 is 9.84 Å². The molecule has 1 N–H and O–H groups in total. The molecule has 0 fully saturated rings. The van der Waals surface area contributed by atoms with Crippen molar-refractivity contribution in [2.45, 2.75) is 65.8 Å². The topological polar surface area (TPSA) is 92.3 Å². The van der Waals surface area contributed by atoms with Crippen LogP contribution in [0.15, 0.2) is 29.1 Å². The van der Waals surface area contributed by atoms with Crippen LogP contribution in [0, 0.1) is 18.3 Å². The maximum absolute atomic E-state index is 13.4. The molecule has 2 aromatic rings. The zero-order valence-corrected chi connectivity index (χ0v) is 18.0. The minimum absolute atomic E-state index is 0.0202. The van der Waals surface area contributed by atoms with Crippen molar-refractivity contribution in [3.05, 3.63) is 56.9 Å². The summed E-state index contributed by atoms with van der Waals surface area (Å²) in [6.45, 7) is 6.39. The molecular formula is C24H30N2O4. The zero-order chi connectivity index (χ0) is 22.1. The quantitative estimate of drug-likeness (QED) is 0.427. The van der Waals surface area contributed by atoms with Gasteiger partial charge in [-0.05, 0) is 37.5 Å². The van der Waals surface area contributed by atoms with Crippen LogP contribution in [-0.2, 0) is 6.54 Å². The lowest BCUT2D eigenvalue weighted by Crippen LogP contribution is -2.27. The third kappa shape index (κ3) is 5.10. The number of aromatic hydroxyl groups is 1. The highest BCUT2D eigenvalue weighted by Crippen LogP contribution is 2.29. The van der Waals surface area contributed by atoms with Crippen molar-refractivity contribution >= 4 is 5.78 Å². The predicted molar refractivity (Wildman–Crippen MR) is 116 cm³/mol. The molecule has 6 nitrogen and oxygen atoms in total. The second-order valence-corrected chi connectivity index (χ2v) is 7.36. The van der Waals surface area contributed by atoms with E-state index in [-0.39, 0.29) is 29.1 Å². The van der Waals surface area contributed by atoms with Crippen molar-refractivity contribution in [1.29, 1.82) is 5.26 Å². The monoisotopic (exact) mass is 410 g/mol. The second-order valence-electron chi connectivity index (χ2n) is 7.36. The third-order valence-corrected chi connectivity index (χ3v) is 5.15. The highest BCUT2D eigenvalue weighted by atomic mass is 16.5. The van der Waals surface area contributed by atoms with Crippen LogP contribution >= 0.6 is 0 Å². The maximum atomic E-state index is 13.4. The van der Waals surface area contributed by atoms with Gasteiger partial charge in [0, 0.05) is 6.54 Å². The normalized spacial score (nSPS) is 10.6. The summed E-state index contributed by atoms with van der Waals surface area (Å²) in [5, 5.41) is 20.4. The average Bonchev–Trinajstić information content (AvgIpc) is 2.74. The summed E-state index contributed by atoms with van der Waals surface area (Å²) in [7, 11) is 0. The van der Waals surface area contributed by atoms with Crippen LogP contribution in [0.2, 0.25) is 0 Å². The van der Waals surface area contributed by atoms with Gasteiger partial charge in [0.05, 0.1) is 17.7 Å². The van der Waals surface area contributed by atoms with E-state index in [2.05, 4.69) is 13.8 Å². The standard InChI is InChI=1S/C24H30N2O4/c1-4-6-8-11-14-26-23(28)19(16-25)17(3)21(24(26)29)22(27)18-12-9-10-13-20(18)30-15-7-5-2/h9-10,12-13,29H,4-8,11,14-15H2,1-3H3. The molecule has 0 spiro atoms. The van der Waals surface area contributed by atoms with E-state index in [9.17, 15) is 20.0 Å². The Morgan fingerprint density at radius 3 is 2.50 bits per heavy atom. The minimum atomic E-state index is -0.562. The summed E-state index contributed by atoms with van der Waals surface area (Å²) in [5.74, 6) is -0.425. The molecule has 0 saturated carbocycles. The van der Waals surface area contributed by atoms with Crippen LogP contribution in [0.3, 0.4) is 0 Å². The van der Waals surface area contributed by atoms with Gasteiger partial charge in [0.1, 0.15) is 17.4 Å². The highest BCUT2D eigenvalue weighted by molar-refractivity contribution is 6.13. The molecule has 0 saturated heterocycles. The van der Waals surface area contributed by atoms with Crippen molar-refractivity contribution < 1.29 is 14.6 Å². The number of hydrogen-bond acceptors (Lipinski definition) is 5. The highest BCUT2D eigenvalue weighted by Gasteiger charge is 2.26. The van der Waals surface area contributed by atoms with Crippen molar-refractivity contribution in [2.75, 3.05) is 6.61 Å². The number of rotatable bonds is 11. The number of aromatic nitrogens is 1. The van der Waals surface area contributed by atoms with Gasteiger partial charge in [-0.25, -0.2) is 0 Å². The molecule has 0 bridgehead atoms. The number of para-hydroxylation sites is 1. The third-order valence-electron chi connectivity index (χ3n) is 5.15. The van der Waals surface area contributed by atoms with Gasteiger partial charge in [0.15, 0.2) is 0 Å². The van der Waals surface area contributed by atoms with Crippen molar-refractivity contribution in [3.8, 4) is 17.7 Å². The maximum Gasteiger partial charge on any atom is 0.271 e. The predicted octanol–water partition coefficient (Wildman–Crippen LogP) is 4.72. The molecule has 0 radical (unpaired) electrons. The molecule has 0 atom stereocenters. The van der Waals surface area contributed by atoms with E-state index in [1.165, 1.54) is 6.92 Å². The molecule has 1 heterocycles. The second kappa shape index (κ2) is 11.2. The molecule has 0 unspecified atom stereocenters. The lowest BCUT2D eigenvalue weighted by atomic mass is 9.96. The van der Waals surface area contributed by atoms with Gasteiger partial charge in [-0.15, -0.1) is 0 Å². The molecule has 1 aromatic heterocycles. The summed E-state index contributed by atoms with van der Waals surface area (Å²) < 4.78 is 6.91. The molecule has 160 valence electrons. The number of benzene rings is 1. The number of nitriles is 1. The first-order valence-corrected chi connectivity index (χ1v) is 10.6. The summed E-state index contributed by atoms with van der Waals surface area (Å²) in [5.41, 5.74) is -0.206. The molecule has 2 rings (SSSR count). The molecule has 0 aliphatic rings. The number of carbonyl (C=O) groups excluding carboxylic acids is 1.